The fraction of sp³-hybridized carbons (Fsp3) is 0.316. The fourth-order valence-electron chi connectivity index (χ4n) is 2.60. The minimum Gasteiger partial charge on any atom is -0.367 e. The van der Waals surface area contributed by atoms with Gasteiger partial charge in [-0.3, -0.25) is 9.52 Å². The van der Waals surface area contributed by atoms with Crippen LogP contribution in [0.1, 0.15) is 22.3 Å². The van der Waals surface area contributed by atoms with Crippen molar-refractivity contribution in [3.05, 3.63) is 64.5 Å². The quantitative estimate of drug-likeness (QED) is 0.534. The first kappa shape index (κ1) is 26.4. The zero-order chi connectivity index (χ0) is 25.0. The van der Waals surface area contributed by atoms with Gasteiger partial charge in [-0.1, -0.05) is 12.1 Å². The molecule has 2 aromatic rings. The Morgan fingerprint density at radius 3 is 2.21 bits per heavy atom. The Hall–Kier alpha value is -2.87. The lowest BCUT2D eigenvalue weighted by Gasteiger charge is -2.16. The first-order chi connectivity index (χ1) is 15.1. The number of carbonyl (C=O) groups excluding carboxylic acids is 1. The Kier molecular flexibility index (Phi) is 7.96. The van der Waals surface area contributed by atoms with Crippen molar-refractivity contribution in [2.75, 3.05) is 17.6 Å². The molecule has 0 radical (unpaired) electrons. The molecule has 0 aliphatic rings. The van der Waals surface area contributed by atoms with Gasteiger partial charge in [0.15, 0.2) is 0 Å². The normalized spacial score (nSPS) is 12.5. The van der Waals surface area contributed by atoms with E-state index in [-0.39, 0.29) is 23.9 Å². The Bertz CT molecular complexity index is 1120. The molecule has 2 aromatic carbocycles. The van der Waals surface area contributed by atoms with Gasteiger partial charge < -0.3 is 10.1 Å². The van der Waals surface area contributed by atoms with E-state index in [4.69, 9.17) is 4.74 Å². The third kappa shape index (κ3) is 8.20. The summed E-state index contributed by atoms with van der Waals surface area (Å²) in [6, 6.07) is 4.50. The maximum absolute atomic E-state index is 13.9. The number of halogens is 7. The maximum atomic E-state index is 13.9. The number of amides is 1. The summed E-state index contributed by atoms with van der Waals surface area (Å²) in [4.78, 5) is 11.8. The van der Waals surface area contributed by atoms with Crippen molar-refractivity contribution < 1.29 is 48.7 Å². The highest BCUT2D eigenvalue weighted by Gasteiger charge is 2.38. The van der Waals surface area contributed by atoms with Crippen LogP contribution in [0.25, 0.3) is 0 Å². The maximum Gasteiger partial charge on any atom is 0.416 e. The van der Waals surface area contributed by atoms with Crippen LogP contribution in [0.15, 0.2) is 36.4 Å². The fourth-order valence-corrected chi connectivity index (χ4v) is 3.16. The van der Waals surface area contributed by atoms with E-state index in [9.17, 15) is 43.9 Å². The minimum absolute atomic E-state index is 0.0321. The zero-order valence-corrected chi connectivity index (χ0v) is 17.6. The van der Waals surface area contributed by atoms with Gasteiger partial charge in [0.1, 0.15) is 12.4 Å². The number of alkyl halides is 6. The van der Waals surface area contributed by atoms with Crippen molar-refractivity contribution in [3.63, 3.8) is 0 Å². The van der Waals surface area contributed by atoms with E-state index in [2.05, 4.69) is 5.32 Å². The standard InChI is InChI=1S/C19H17F7N2O4S/c1-33(30,31)28-16-5-2-11(6-15(16)20)8-27-17(29)10-32-9-12-3-4-13(18(21,22)23)7-14(12)19(24,25)26/h2-7,28H,8-10H2,1H3,(H,27,29). The van der Waals surface area contributed by atoms with Crippen molar-refractivity contribution in [1.82, 2.24) is 5.32 Å². The molecule has 2 N–H and O–H groups in total. The average Bonchev–Trinajstić information content (AvgIpc) is 2.66. The summed E-state index contributed by atoms with van der Waals surface area (Å²) in [5.74, 6) is -1.68. The highest BCUT2D eigenvalue weighted by atomic mass is 32.2. The van der Waals surface area contributed by atoms with Gasteiger partial charge in [-0.05, 0) is 35.4 Å². The number of hydrogen-bond donors (Lipinski definition) is 2. The summed E-state index contributed by atoms with van der Waals surface area (Å²) in [7, 11) is -3.70. The molecule has 2 rings (SSSR count). The molecule has 1 amide bonds. The highest BCUT2D eigenvalue weighted by Crippen LogP contribution is 2.37. The number of nitrogens with one attached hydrogen (secondary N) is 2. The lowest BCUT2D eigenvalue weighted by atomic mass is 10.0. The Balaban J connectivity index is 1.94. The minimum atomic E-state index is -5.07. The highest BCUT2D eigenvalue weighted by molar-refractivity contribution is 7.92. The second-order valence-electron chi connectivity index (χ2n) is 6.83. The number of rotatable bonds is 8. The molecule has 0 aliphatic heterocycles. The van der Waals surface area contributed by atoms with E-state index >= 15 is 0 Å². The van der Waals surface area contributed by atoms with E-state index in [1.165, 1.54) is 6.07 Å². The monoisotopic (exact) mass is 502 g/mol. The van der Waals surface area contributed by atoms with Crippen molar-refractivity contribution in [1.29, 1.82) is 0 Å². The van der Waals surface area contributed by atoms with Crippen LogP contribution in [0.4, 0.5) is 36.4 Å². The molecule has 0 saturated carbocycles. The Labute approximate surface area is 183 Å². The van der Waals surface area contributed by atoms with Crippen LogP contribution in [0.5, 0.6) is 0 Å². The molecule has 0 atom stereocenters. The zero-order valence-electron chi connectivity index (χ0n) is 16.8. The number of sulfonamides is 1. The van der Waals surface area contributed by atoms with E-state index in [1.807, 2.05) is 4.72 Å². The number of hydrogen-bond acceptors (Lipinski definition) is 4. The molecule has 182 valence electrons. The second kappa shape index (κ2) is 9.95. The van der Waals surface area contributed by atoms with Crippen LogP contribution < -0.4 is 10.0 Å². The second-order valence-corrected chi connectivity index (χ2v) is 8.57. The molecule has 0 aromatic heterocycles. The molecular formula is C19H17F7N2O4S. The molecule has 0 bridgehead atoms. The summed E-state index contributed by atoms with van der Waals surface area (Å²) < 4.78 is 120. The number of benzene rings is 2. The van der Waals surface area contributed by atoms with Gasteiger partial charge in [0, 0.05) is 6.54 Å². The number of carbonyl (C=O) groups is 1. The molecule has 0 aliphatic carbocycles. The first-order valence-electron chi connectivity index (χ1n) is 8.94. The SMILES string of the molecule is CS(=O)(=O)Nc1ccc(CNC(=O)COCc2ccc(C(F)(F)F)cc2C(F)(F)F)cc1F. The predicted molar refractivity (Wildman–Crippen MR) is 103 cm³/mol. The third-order valence-corrected chi connectivity index (χ3v) is 4.64. The largest absolute Gasteiger partial charge is 0.416 e. The summed E-state index contributed by atoms with van der Waals surface area (Å²) in [6.07, 6.45) is -9.19. The van der Waals surface area contributed by atoms with Crippen LogP contribution in [0.2, 0.25) is 0 Å². The van der Waals surface area contributed by atoms with E-state index in [0.29, 0.717) is 12.1 Å². The number of ether oxygens (including phenoxy) is 1. The molecule has 14 heteroatoms. The van der Waals surface area contributed by atoms with E-state index in [1.54, 1.807) is 0 Å². The lowest BCUT2D eigenvalue weighted by Crippen LogP contribution is -2.27. The molecule has 6 nitrogen and oxygen atoms in total. The van der Waals surface area contributed by atoms with Crippen molar-refractivity contribution in [2.24, 2.45) is 0 Å². The Morgan fingerprint density at radius 1 is 1.00 bits per heavy atom. The van der Waals surface area contributed by atoms with Gasteiger partial charge in [-0.25, -0.2) is 12.8 Å². The summed E-state index contributed by atoms with van der Waals surface area (Å²) in [5, 5.41) is 2.31. The van der Waals surface area contributed by atoms with Crippen LogP contribution >= 0.6 is 0 Å². The average molecular weight is 502 g/mol. The first-order valence-corrected chi connectivity index (χ1v) is 10.8. The van der Waals surface area contributed by atoms with Gasteiger partial charge in [0.25, 0.3) is 0 Å². The van der Waals surface area contributed by atoms with Crippen molar-refractivity contribution >= 4 is 21.6 Å². The van der Waals surface area contributed by atoms with Crippen LogP contribution in [0.3, 0.4) is 0 Å². The van der Waals surface area contributed by atoms with Crippen LogP contribution in [-0.4, -0.2) is 27.2 Å². The Morgan fingerprint density at radius 2 is 1.67 bits per heavy atom. The number of anilines is 1. The third-order valence-electron chi connectivity index (χ3n) is 4.05. The van der Waals surface area contributed by atoms with Gasteiger partial charge in [-0.15, -0.1) is 0 Å². The van der Waals surface area contributed by atoms with Gasteiger partial charge in [0.05, 0.1) is 29.7 Å². The van der Waals surface area contributed by atoms with Crippen molar-refractivity contribution in [2.45, 2.75) is 25.5 Å². The summed E-state index contributed by atoms with van der Waals surface area (Å²) in [6.45, 7) is -1.69. The molecular weight excluding hydrogens is 485 g/mol. The summed E-state index contributed by atoms with van der Waals surface area (Å²) >= 11 is 0. The molecule has 0 fully saturated rings. The predicted octanol–water partition coefficient (Wildman–Crippen LogP) is 4.07. The smallest absolute Gasteiger partial charge is 0.367 e. The van der Waals surface area contributed by atoms with Gasteiger partial charge in [0.2, 0.25) is 15.9 Å². The van der Waals surface area contributed by atoms with Gasteiger partial charge in [-0.2, -0.15) is 26.3 Å². The van der Waals surface area contributed by atoms with Crippen LogP contribution in [0, 0.1) is 5.82 Å². The van der Waals surface area contributed by atoms with E-state index < -0.39 is 64.0 Å². The van der Waals surface area contributed by atoms with Gasteiger partial charge >= 0.3 is 12.4 Å². The molecule has 0 unspecified atom stereocenters. The van der Waals surface area contributed by atoms with Crippen LogP contribution in [-0.2, 0) is 45.1 Å². The molecule has 0 saturated heterocycles. The summed E-state index contributed by atoms with van der Waals surface area (Å²) in [5.41, 5.74) is -3.63. The van der Waals surface area contributed by atoms with Crippen molar-refractivity contribution in [3.8, 4) is 0 Å². The lowest BCUT2D eigenvalue weighted by molar-refractivity contribution is -0.143. The molecule has 33 heavy (non-hydrogen) atoms. The molecule has 0 heterocycles. The van der Waals surface area contributed by atoms with E-state index in [0.717, 1.165) is 18.4 Å². The molecule has 0 spiro atoms. The topological polar surface area (TPSA) is 84.5 Å².